The predicted molar refractivity (Wildman–Crippen MR) is 64.3 cm³/mol. The molecule has 0 aromatic heterocycles. The normalized spacial score (nSPS) is 12.6. The summed E-state index contributed by atoms with van der Waals surface area (Å²) >= 11 is 0. The molecule has 0 radical (unpaired) electrons. The van der Waals surface area contributed by atoms with Crippen LogP contribution in [0.5, 0.6) is 0 Å². The minimum Gasteiger partial charge on any atom is -0.481 e. The molecule has 1 atom stereocenters. The lowest BCUT2D eigenvalue weighted by molar-refractivity contribution is -0.151. The summed E-state index contributed by atoms with van der Waals surface area (Å²) in [7, 11) is 0. The Morgan fingerprint density at radius 2 is 1.82 bits per heavy atom. The number of ether oxygens (including phenoxy) is 1. The van der Waals surface area contributed by atoms with Gasteiger partial charge >= 0.3 is 11.9 Å². The van der Waals surface area contributed by atoms with E-state index in [1.807, 2.05) is 20.8 Å². The monoisotopic (exact) mass is 240 g/mol. The van der Waals surface area contributed by atoms with Crippen molar-refractivity contribution in [1.29, 1.82) is 0 Å². The number of aliphatic carboxylic acids is 1. The minimum absolute atomic E-state index is 0.0745. The third kappa shape index (κ3) is 7.40. The Hall–Kier alpha value is -1.50. The van der Waals surface area contributed by atoms with Crippen molar-refractivity contribution in [2.75, 3.05) is 0 Å². The van der Waals surface area contributed by atoms with E-state index in [0.29, 0.717) is 12.8 Å². The van der Waals surface area contributed by atoms with E-state index < -0.39 is 12.1 Å². The molecule has 0 spiro atoms. The molecule has 0 aromatic rings. The fraction of sp³-hybridized carbons (Fsp3) is 0.692. The van der Waals surface area contributed by atoms with Gasteiger partial charge in [0.05, 0.1) is 0 Å². The topological polar surface area (TPSA) is 63.6 Å². The van der Waals surface area contributed by atoms with Crippen molar-refractivity contribution in [3.8, 4) is 12.3 Å². The van der Waals surface area contributed by atoms with Gasteiger partial charge in [-0.1, -0.05) is 26.7 Å². The quantitative estimate of drug-likeness (QED) is 0.439. The Labute approximate surface area is 102 Å². The molecular formula is C13H20O4. The van der Waals surface area contributed by atoms with Crippen molar-refractivity contribution < 1.29 is 19.4 Å². The smallest absolute Gasteiger partial charge is 0.307 e. The van der Waals surface area contributed by atoms with Crippen LogP contribution in [0.25, 0.3) is 0 Å². The number of carbonyl (C=O) groups excluding carboxylic acids is 1. The van der Waals surface area contributed by atoms with E-state index in [4.69, 9.17) is 16.3 Å². The number of hydrogen-bond donors (Lipinski definition) is 1. The second kappa shape index (κ2) is 6.95. The first kappa shape index (κ1) is 15.5. The van der Waals surface area contributed by atoms with Crippen LogP contribution in [0, 0.1) is 17.8 Å². The van der Waals surface area contributed by atoms with Crippen LogP contribution in [0.15, 0.2) is 0 Å². The molecule has 0 aliphatic heterocycles. The first-order chi connectivity index (χ1) is 7.77. The average molecular weight is 240 g/mol. The van der Waals surface area contributed by atoms with Gasteiger partial charge < -0.3 is 9.84 Å². The molecule has 4 nitrogen and oxygen atoms in total. The third-order valence-corrected chi connectivity index (χ3v) is 2.21. The van der Waals surface area contributed by atoms with Gasteiger partial charge in [-0.2, -0.15) is 0 Å². The SMILES string of the molecule is C#CC(OC(=O)CCCCC(=O)O)C(C)(C)C. The highest BCUT2D eigenvalue weighted by molar-refractivity contribution is 5.70. The Balaban J connectivity index is 3.94. The first-order valence-electron chi connectivity index (χ1n) is 5.64. The van der Waals surface area contributed by atoms with Crippen molar-refractivity contribution in [3.63, 3.8) is 0 Å². The molecule has 0 rings (SSSR count). The summed E-state index contributed by atoms with van der Waals surface area (Å²) in [5.74, 6) is 1.22. The molecule has 0 aliphatic carbocycles. The molecule has 0 amide bonds. The minimum atomic E-state index is -0.852. The van der Waals surface area contributed by atoms with Crippen molar-refractivity contribution in [2.24, 2.45) is 5.41 Å². The third-order valence-electron chi connectivity index (χ3n) is 2.21. The zero-order valence-electron chi connectivity index (χ0n) is 10.7. The Kier molecular flexibility index (Phi) is 6.34. The van der Waals surface area contributed by atoms with E-state index in [9.17, 15) is 9.59 Å². The molecular weight excluding hydrogens is 220 g/mol. The van der Waals surface area contributed by atoms with Crippen LogP contribution in [0.4, 0.5) is 0 Å². The standard InChI is InChI=1S/C13H20O4/c1-5-10(13(2,3)4)17-12(16)9-7-6-8-11(14)15/h1,10H,6-9H2,2-4H3,(H,14,15). The average Bonchev–Trinajstić information content (AvgIpc) is 2.19. The van der Waals surface area contributed by atoms with E-state index >= 15 is 0 Å². The lowest BCUT2D eigenvalue weighted by Gasteiger charge is -2.25. The predicted octanol–water partition coefficient (Wildman–Crippen LogP) is 2.22. The van der Waals surface area contributed by atoms with E-state index in [2.05, 4.69) is 5.92 Å². The molecule has 1 N–H and O–H groups in total. The van der Waals surface area contributed by atoms with Crippen LogP contribution in [-0.4, -0.2) is 23.1 Å². The van der Waals surface area contributed by atoms with Crippen molar-refractivity contribution in [1.82, 2.24) is 0 Å². The van der Waals surface area contributed by atoms with E-state index in [1.54, 1.807) is 0 Å². The highest BCUT2D eigenvalue weighted by Crippen LogP contribution is 2.22. The number of carboxylic acid groups (broad SMARTS) is 1. The maximum absolute atomic E-state index is 11.4. The number of esters is 1. The summed E-state index contributed by atoms with van der Waals surface area (Å²) < 4.78 is 5.15. The van der Waals surface area contributed by atoms with Crippen molar-refractivity contribution in [3.05, 3.63) is 0 Å². The maximum Gasteiger partial charge on any atom is 0.307 e. The van der Waals surface area contributed by atoms with Gasteiger partial charge in [-0.3, -0.25) is 9.59 Å². The Morgan fingerprint density at radius 1 is 1.29 bits per heavy atom. The van der Waals surface area contributed by atoms with Gasteiger partial charge in [0.25, 0.3) is 0 Å². The summed E-state index contributed by atoms with van der Waals surface area (Å²) in [6.07, 6.45) is 6.01. The fourth-order valence-corrected chi connectivity index (χ4v) is 1.20. The van der Waals surface area contributed by atoms with Gasteiger partial charge in [0.1, 0.15) is 0 Å². The summed E-state index contributed by atoms with van der Waals surface area (Å²) in [4.78, 5) is 21.7. The second-order valence-electron chi connectivity index (χ2n) is 5.00. The van der Waals surface area contributed by atoms with E-state index in [1.165, 1.54) is 0 Å². The van der Waals surface area contributed by atoms with Crippen LogP contribution in [0.3, 0.4) is 0 Å². The van der Waals surface area contributed by atoms with Gasteiger partial charge in [-0.25, -0.2) is 0 Å². The number of terminal acetylenes is 1. The first-order valence-corrected chi connectivity index (χ1v) is 5.64. The van der Waals surface area contributed by atoms with Crippen LogP contribution >= 0.6 is 0 Å². The van der Waals surface area contributed by atoms with Gasteiger partial charge in [0.2, 0.25) is 0 Å². The van der Waals surface area contributed by atoms with Crippen molar-refractivity contribution >= 4 is 11.9 Å². The van der Waals surface area contributed by atoms with Crippen LogP contribution in [-0.2, 0) is 14.3 Å². The highest BCUT2D eigenvalue weighted by atomic mass is 16.5. The summed E-state index contributed by atoms with van der Waals surface area (Å²) in [6, 6.07) is 0. The van der Waals surface area contributed by atoms with Crippen LogP contribution < -0.4 is 0 Å². The van der Waals surface area contributed by atoms with Crippen molar-refractivity contribution in [2.45, 2.75) is 52.6 Å². The number of hydrogen-bond acceptors (Lipinski definition) is 3. The molecule has 0 bridgehead atoms. The molecule has 0 aliphatic rings. The van der Waals surface area contributed by atoms with Crippen LogP contribution in [0.2, 0.25) is 0 Å². The van der Waals surface area contributed by atoms with Gasteiger partial charge in [-0.05, 0) is 12.8 Å². The van der Waals surface area contributed by atoms with Crippen LogP contribution in [0.1, 0.15) is 46.5 Å². The van der Waals surface area contributed by atoms with E-state index in [-0.39, 0.29) is 24.2 Å². The number of carboxylic acids is 1. The number of carbonyl (C=O) groups is 2. The molecule has 0 fully saturated rings. The molecule has 0 saturated carbocycles. The number of rotatable bonds is 6. The summed E-state index contributed by atoms with van der Waals surface area (Å²) in [5, 5.41) is 8.43. The zero-order chi connectivity index (χ0) is 13.5. The molecule has 17 heavy (non-hydrogen) atoms. The highest BCUT2D eigenvalue weighted by Gasteiger charge is 2.26. The molecule has 0 saturated heterocycles. The fourth-order valence-electron chi connectivity index (χ4n) is 1.20. The molecule has 96 valence electrons. The lowest BCUT2D eigenvalue weighted by atomic mass is 9.89. The zero-order valence-corrected chi connectivity index (χ0v) is 10.7. The molecule has 4 heteroatoms. The maximum atomic E-state index is 11.4. The summed E-state index contributed by atoms with van der Waals surface area (Å²) in [5.41, 5.74) is -0.286. The Bertz CT molecular complexity index is 306. The largest absolute Gasteiger partial charge is 0.481 e. The van der Waals surface area contributed by atoms with Gasteiger partial charge in [-0.15, -0.1) is 6.42 Å². The molecule has 0 heterocycles. The summed E-state index contributed by atoms with van der Waals surface area (Å²) in [6.45, 7) is 5.69. The molecule has 0 aromatic carbocycles. The Morgan fingerprint density at radius 3 is 2.24 bits per heavy atom. The van der Waals surface area contributed by atoms with Gasteiger partial charge in [0, 0.05) is 18.3 Å². The van der Waals surface area contributed by atoms with Gasteiger partial charge in [0.15, 0.2) is 6.10 Å². The lowest BCUT2D eigenvalue weighted by Crippen LogP contribution is -2.30. The number of unbranched alkanes of at least 4 members (excludes halogenated alkanes) is 1. The second-order valence-corrected chi connectivity index (χ2v) is 5.00. The molecule has 1 unspecified atom stereocenters. The van der Waals surface area contributed by atoms with E-state index in [0.717, 1.165) is 0 Å².